The number of hydrogen-bond acceptors (Lipinski definition) is 4. The van der Waals surface area contributed by atoms with Crippen molar-refractivity contribution in [2.75, 3.05) is 23.4 Å². The standard InChI is InChI=1S/C14H18N2O4S/c17-12-2-1-10(7-11(12)13(18)19)16-14(20)15-8-9-3-5-21-6-4-9/h1-2,7,9,17H,3-6,8H2,(H,18,19)(H2,15,16,20). The number of amides is 2. The number of thioether (sulfide) groups is 1. The van der Waals surface area contributed by atoms with Crippen molar-refractivity contribution >= 4 is 29.4 Å². The number of carboxylic acids is 1. The zero-order chi connectivity index (χ0) is 15.2. The Balaban J connectivity index is 1.87. The van der Waals surface area contributed by atoms with Crippen LogP contribution in [0.3, 0.4) is 0 Å². The summed E-state index contributed by atoms with van der Waals surface area (Å²) < 4.78 is 0. The van der Waals surface area contributed by atoms with E-state index in [1.54, 1.807) is 0 Å². The average molecular weight is 310 g/mol. The normalized spacial score (nSPS) is 15.4. The molecule has 2 rings (SSSR count). The molecule has 0 atom stereocenters. The van der Waals surface area contributed by atoms with Gasteiger partial charge < -0.3 is 20.8 Å². The molecule has 0 radical (unpaired) electrons. The third-order valence-electron chi connectivity index (χ3n) is 3.38. The topological polar surface area (TPSA) is 98.7 Å². The lowest BCUT2D eigenvalue weighted by Gasteiger charge is -2.21. The van der Waals surface area contributed by atoms with E-state index >= 15 is 0 Å². The number of carboxylic acid groups (broad SMARTS) is 1. The number of anilines is 1. The molecule has 0 aromatic heterocycles. The van der Waals surface area contributed by atoms with Crippen molar-refractivity contribution in [3.8, 4) is 5.75 Å². The van der Waals surface area contributed by atoms with E-state index in [2.05, 4.69) is 10.6 Å². The fourth-order valence-corrected chi connectivity index (χ4v) is 3.35. The lowest BCUT2D eigenvalue weighted by Crippen LogP contribution is -2.34. The van der Waals surface area contributed by atoms with E-state index in [1.165, 1.54) is 18.2 Å². The van der Waals surface area contributed by atoms with Crippen LogP contribution in [0.15, 0.2) is 18.2 Å². The lowest BCUT2D eigenvalue weighted by molar-refractivity contribution is 0.0693. The molecule has 1 aromatic carbocycles. The molecule has 2 amide bonds. The summed E-state index contributed by atoms with van der Waals surface area (Å²) in [6.07, 6.45) is 2.21. The number of carbonyl (C=O) groups excluding carboxylic acids is 1. The van der Waals surface area contributed by atoms with Gasteiger partial charge in [-0.05, 0) is 48.5 Å². The quantitative estimate of drug-likeness (QED) is 0.640. The highest BCUT2D eigenvalue weighted by Crippen LogP contribution is 2.23. The maximum absolute atomic E-state index is 11.8. The van der Waals surface area contributed by atoms with Crippen molar-refractivity contribution in [3.63, 3.8) is 0 Å². The maximum Gasteiger partial charge on any atom is 0.339 e. The molecule has 0 saturated carbocycles. The van der Waals surface area contributed by atoms with Gasteiger partial charge in [0.2, 0.25) is 0 Å². The molecule has 4 N–H and O–H groups in total. The Bertz CT molecular complexity index is 530. The van der Waals surface area contributed by atoms with Gasteiger partial charge in [-0.2, -0.15) is 11.8 Å². The Morgan fingerprint density at radius 1 is 1.29 bits per heavy atom. The van der Waals surface area contributed by atoms with Gasteiger partial charge >= 0.3 is 12.0 Å². The van der Waals surface area contributed by atoms with E-state index < -0.39 is 5.97 Å². The van der Waals surface area contributed by atoms with Crippen LogP contribution in [0, 0.1) is 5.92 Å². The summed E-state index contributed by atoms with van der Waals surface area (Å²) >= 11 is 1.93. The van der Waals surface area contributed by atoms with Gasteiger partial charge in [0.1, 0.15) is 11.3 Å². The summed E-state index contributed by atoms with van der Waals surface area (Å²) in [6.45, 7) is 0.621. The van der Waals surface area contributed by atoms with Crippen LogP contribution in [-0.4, -0.2) is 40.3 Å². The van der Waals surface area contributed by atoms with Gasteiger partial charge in [-0.25, -0.2) is 9.59 Å². The van der Waals surface area contributed by atoms with Gasteiger partial charge in [0.15, 0.2) is 0 Å². The van der Waals surface area contributed by atoms with Gasteiger partial charge in [-0.15, -0.1) is 0 Å². The van der Waals surface area contributed by atoms with Gasteiger partial charge in [-0.1, -0.05) is 0 Å². The SMILES string of the molecule is O=C(NCC1CCSCC1)Nc1ccc(O)c(C(=O)O)c1. The Morgan fingerprint density at radius 2 is 2.00 bits per heavy atom. The van der Waals surface area contributed by atoms with Crippen molar-refractivity contribution in [2.24, 2.45) is 5.92 Å². The van der Waals surface area contributed by atoms with Crippen LogP contribution in [0.5, 0.6) is 5.75 Å². The fourth-order valence-electron chi connectivity index (χ4n) is 2.15. The van der Waals surface area contributed by atoms with Crippen molar-refractivity contribution in [1.29, 1.82) is 0 Å². The first-order chi connectivity index (χ1) is 10.1. The zero-order valence-corrected chi connectivity index (χ0v) is 12.3. The molecule has 1 aromatic rings. The van der Waals surface area contributed by atoms with Crippen LogP contribution in [-0.2, 0) is 0 Å². The highest BCUT2D eigenvalue weighted by Gasteiger charge is 2.15. The van der Waals surface area contributed by atoms with Gasteiger partial charge in [0, 0.05) is 12.2 Å². The second-order valence-electron chi connectivity index (χ2n) is 4.93. The zero-order valence-electron chi connectivity index (χ0n) is 11.5. The Labute approximate surface area is 126 Å². The van der Waals surface area contributed by atoms with E-state index in [0.29, 0.717) is 18.2 Å². The van der Waals surface area contributed by atoms with E-state index in [0.717, 1.165) is 24.3 Å². The van der Waals surface area contributed by atoms with Crippen LogP contribution in [0.4, 0.5) is 10.5 Å². The van der Waals surface area contributed by atoms with Gasteiger partial charge in [-0.3, -0.25) is 0 Å². The molecular weight excluding hydrogens is 292 g/mol. The van der Waals surface area contributed by atoms with Crippen molar-refractivity contribution in [1.82, 2.24) is 5.32 Å². The van der Waals surface area contributed by atoms with Crippen molar-refractivity contribution in [2.45, 2.75) is 12.8 Å². The number of carbonyl (C=O) groups is 2. The summed E-state index contributed by atoms with van der Waals surface area (Å²) in [6, 6.07) is 3.57. The molecule has 1 heterocycles. The first-order valence-electron chi connectivity index (χ1n) is 6.75. The molecule has 7 heteroatoms. The van der Waals surface area contributed by atoms with Crippen molar-refractivity contribution < 1.29 is 19.8 Å². The molecule has 0 spiro atoms. The van der Waals surface area contributed by atoms with E-state index in [4.69, 9.17) is 5.11 Å². The second kappa shape index (κ2) is 7.21. The Kier molecular flexibility index (Phi) is 5.32. The predicted octanol–water partition coefficient (Wildman–Crippen LogP) is 2.36. The van der Waals surface area contributed by atoms with E-state index in [1.807, 2.05) is 11.8 Å². The highest BCUT2D eigenvalue weighted by atomic mass is 32.2. The van der Waals surface area contributed by atoms with Gasteiger partial charge in [0.05, 0.1) is 0 Å². The fraction of sp³-hybridized carbons (Fsp3) is 0.429. The number of nitrogens with one attached hydrogen (secondary N) is 2. The highest BCUT2D eigenvalue weighted by molar-refractivity contribution is 7.99. The Hall–Kier alpha value is -1.89. The van der Waals surface area contributed by atoms with Crippen LogP contribution >= 0.6 is 11.8 Å². The number of rotatable bonds is 4. The number of benzene rings is 1. The first kappa shape index (κ1) is 15.5. The van der Waals surface area contributed by atoms with Crippen LogP contribution in [0.2, 0.25) is 0 Å². The smallest absolute Gasteiger partial charge is 0.339 e. The summed E-state index contributed by atoms with van der Waals surface area (Å²) in [7, 11) is 0. The number of phenols is 1. The summed E-state index contributed by atoms with van der Waals surface area (Å²) in [5.74, 6) is 1.21. The average Bonchev–Trinajstić information content (AvgIpc) is 2.48. The minimum Gasteiger partial charge on any atom is -0.507 e. The largest absolute Gasteiger partial charge is 0.507 e. The Morgan fingerprint density at radius 3 is 2.67 bits per heavy atom. The maximum atomic E-state index is 11.8. The summed E-state index contributed by atoms with van der Waals surface area (Å²) in [5.41, 5.74) is 0.0963. The number of aromatic carboxylic acids is 1. The third-order valence-corrected chi connectivity index (χ3v) is 4.43. The van der Waals surface area contributed by atoms with Crippen LogP contribution in [0.1, 0.15) is 23.2 Å². The number of urea groups is 1. The molecule has 1 saturated heterocycles. The molecule has 0 bridgehead atoms. The number of aromatic hydroxyl groups is 1. The number of hydrogen-bond donors (Lipinski definition) is 4. The predicted molar refractivity (Wildman–Crippen MR) is 82.1 cm³/mol. The molecule has 1 aliphatic rings. The lowest BCUT2D eigenvalue weighted by atomic mass is 10.0. The monoisotopic (exact) mass is 310 g/mol. The second-order valence-corrected chi connectivity index (χ2v) is 6.15. The van der Waals surface area contributed by atoms with Gasteiger partial charge in [0.25, 0.3) is 0 Å². The minimum atomic E-state index is -1.24. The summed E-state index contributed by atoms with van der Waals surface area (Å²) in [4.78, 5) is 22.7. The minimum absolute atomic E-state index is 0.239. The summed E-state index contributed by atoms with van der Waals surface area (Å²) in [5, 5.41) is 23.7. The van der Waals surface area contributed by atoms with Crippen LogP contribution in [0.25, 0.3) is 0 Å². The van der Waals surface area contributed by atoms with Crippen LogP contribution < -0.4 is 10.6 Å². The molecule has 6 nitrogen and oxygen atoms in total. The molecule has 21 heavy (non-hydrogen) atoms. The molecule has 114 valence electrons. The molecule has 0 aliphatic carbocycles. The molecule has 1 aliphatic heterocycles. The van der Waals surface area contributed by atoms with E-state index in [9.17, 15) is 14.7 Å². The van der Waals surface area contributed by atoms with Crippen molar-refractivity contribution in [3.05, 3.63) is 23.8 Å². The molecular formula is C14H18N2O4S. The molecule has 1 fully saturated rings. The van der Waals surface area contributed by atoms with E-state index in [-0.39, 0.29) is 17.3 Å². The first-order valence-corrected chi connectivity index (χ1v) is 7.90. The molecule has 0 unspecified atom stereocenters. The third kappa shape index (κ3) is 4.56.